The Kier molecular flexibility index (Phi) is 9.95. The van der Waals surface area contributed by atoms with Gasteiger partial charge in [0, 0.05) is 25.0 Å². The molecule has 0 saturated heterocycles. The normalized spacial score (nSPS) is 21.7. The highest BCUT2D eigenvalue weighted by atomic mass is 16.6. The predicted molar refractivity (Wildman–Crippen MR) is 141 cm³/mol. The van der Waals surface area contributed by atoms with Crippen LogP contribution in [0.25, 0.3) is 12.2 Å². The third-order valence-electron chi connectivity index (χ3n) is 6.13. The maximum Gasteiger partial charge on any atom is 0.335 e. The smallest absolute Gasteiger partial charge is 0.335 e. The first-order valence-electron chi connectivity index (χ1n) is 12.4. The van der Waals surface area contributed by atoms with Gasteiger partial charge in [-0.25, -0.2) is 14.4 Å². The second-order valence-corrected chi connectivity index (χ2v) is 9.38. The minimum absolute atomic E-state index is 0.242. The molecule has 0 radical (unpaired) electrons. The van der Waals surface area contributed by atoms with E-state index in [9.17, 15) is 54.6 Å². The van der Waals surface area contributed by atoms with E-state index in [0.717, 1.165) is 42.5 Å². The topological polar surface area (TPSA) is 255 Å². The van der Waals surface area contributed by atoms with Crippen molar-refractivity contribution in [3.8, 4) is 23.0 Å². The molecule has 0 amide bonds. The van der Waals surface area contributed by atoms with Crippen molar-refractivity contribution < 1.29 is 73.9 Å². The van der Waals surface area contributed by atoms with Crippen LogP contribution in [-0.4, -0.2) is 89.5 Å². The SMILES string of the molecule is O=C(O)CC(=O)O[C@@H]1C[C@@](O)(C(=O)O)C[C@@H](OC(=O)/C=C/c2ccc(O)c(O)c2)[C@@H]1OC(=O)/C=C/c1ccc(O)c(O)c1. The number of hydrogen-bond donors (Lipinski definition) is 7. The molecule has 0 unspecified atom stereocenters. The number of ether oxygens (including phenoxy) is 3. The van der Waals surface area contributed by atoms with Crippen molar-refractivity contribution in [3.63, 3.8) is 0 Å². The van der Waals surface area contributed by atoms with Crippen LogP contribution in [0.2, 0.25) is 0 Å². The van der Waals surface area contributed by atoms with Gasteiger partial charge in [-0.3, -0.25) is 9.59 Å². The number of aliphatic carboxylic acids is 2. The molecule has 2 aromatic rings. The summed E-state index contributed by atoms with van der Waals surface area (Å²) >= 11 is 0. The summed E-state index contributed by atoms with van der Waals surface area (Å²) in [5, 5.41) is 67.4. The van der Waals surface area contributed by atoms with Crippen LogP contribution in [-0.2, 0) is 38.2 Å². The number of benzene rings is 2. The molecular weight excluding hydrogens is 576 g/mol. The number of rotatable bonds is 10. The quantitative estimate of drug-likeness (QED) is 0.0659. The third kappa shape index (κ3) is 8.71. The van der Waals surface area contributed by atoms with Crippen LogP contribution in [0.15, 0.2) is 48.6 Å². The highest BCUT2D eigenvalue weighted by molar-refractivity contribution is 5.91. The van der Waals surface area contributed by atoms with Crippen LogP contribution >= 0.6 is 0 Å². The number of phenolic OH excluding ortho intramolecular Hbond substituents is 4. The summed E-state index contributed by atoms with van der Waals surface area (Å²) in [6, 6.07) is 7.21. The fourth-order valence-electron chi connectivity index (χ4n) is 4.08. The molecule has 228 valence electrons. The summed E-state index contributed by atoms with van der Waals surface area (Å²) in [6.07, 6.45) is -4.06. The highest BCUT2D eigenvalue weighted by Gasteiger charge is 2.54. The number of esters is 3. The highest BCUT2D eigenvalue weighted by Crippen LogP contribution is 2.35. The molecule has 1 fully saturated rings. The summed E-state index contributed by atoms with van der Waals surface area (Å²) in [5.41, 5.74) is -2.17. The molecule has 3 rings (SSSR count). The monoisotopic (exact) mass is 602 g/mol. The van der Waals surface area contributed by atoms with Crippen LogP contribution in [0.1, 0.15) is 30.4 Å². The molecule has 1 aliphatic rings. The molecule has 4 atom stereocenters. The average Bonchev–Trinajstić information content (AvgIpc) is 2.91. The van der Waals surface area contributed by atoms with E-state index in [1.165, 1.54) is 18.2 Å². The largest absolute Gasteiger partial charge is 0.504 e. The summed E-state index contributed by atoms with van der Waals surface area (Å²) in [7, 11) is 0. The lowest BCUT2D eigenvalue weighted by Crippen LogP contribution is -2.59. The van der Waals surface area contributed by atoms with Crippen LogP contribution in [0.5, 0.6) is 23.0 Å². The van der Waals surface area contributed by atoms with Gasteiger partial charge >= 0.3 is 29.8 Å². The molecule has 0 bridgehead atoms. The van der Waals surface area contributed by atoms with Gasteiger partial charge in [0.1, 0.15) is 18.6 Å². The van der Waals surface area contributed by atoms with E-state index in [-0.39, 0.29) is 11.1 Å². The molecule has 15 nitrogen and oxygen atoms in total. The summed E-state index contributed by atoms with van der Waals surface area (Å²) in [6.45, 7) is 0. The van der Waals surface area contributed by atoms with Crippen LogP contribution in [0, 0.1) is 0 Å². The summed E-state index contributed by atoms with van der Waals surface area (Å²) in [4.78, 5) is 60.4. The Morgan fingerprint density at radius 1 is 0.721 bits per heavy atom. The lowest BCUT2D eigenvalue weighted by atomic mass is 9.79. The van der Waals surface area contributed by atoms with Gasteiger partial charge in [0.05, 0.1) is 0 Å². The van der Waals surface area contributed by atoms with Crippen molar-refractivity contribution in [2.24, 2.45) is 0 Å². The molecule has 43 heavy (non-hydrogen) atoms. The van der Waals surface area contributed by atoms with Crippen molar-refractivity contribution in [2.75, 3.05) is 0 Å². The Morgan fingerprint density at radius 2 is 1.19 bits per heavy atom. The second kappa shape index (κ2) is 13.4. The van der Waals surface area contributed by atoms with E-state index in [4.69, 9.17) is 19.3 Å². The van der Waals surface area contributed by atoms with Gasteiger partial charge in [0.2, 0.25) is 0 Å². The van der Waals surface area contributed by atoms with Gasteiger partial charge in [-0.05, 0) is 47.5 Å². The maximum absolute atomic E-state index is 12.7. The molecule has 1 saturated carbocycles. The predicted octanol–water partition coefficient (Wildman–Crippen LogP) is 1.06. The molecular formula is C28H26O15. The van der Waals surface area contributed by atoms with Crippen molar-refractivity contribution in [1.29, 1.82) is 0 Å². The van der Waals surface area contributed by atoms with E-state index in [1.807, 2.05) is 0 Å². The van der Waals surface area contributed by atoms with Crippen LogP contribution in [0.4, 0.5) is 0 Å². The van der Waals surface area contributed by atoms with Gasteiger partial charge in [0.25, 0.3) is 0 Å². The Labute approximate surface area is 242 Å². The van der Waals surface area contributed by atoms with Gasteiger partial charge < -0.3 is 50.0 Å². The minimum atomic E-state index is -2.66. The van der Waals surface area contributed by atoms with Crippen molar-refractivity contribution >= 4 is 42.0 Å². The van der Waals surface area contributed by atoms with Gasteiger partial charge in [0.15, 0.2) is 34.7 Å². The average molecular weight is 603 g/mol. The zero-order valence-corrected chi connectivity index (χ0v) is 22.0. The molecule has 0 aliphatic heterocycles. The number of hydrogen-bond acceptors (Lipinski definition) is 13. The van der Waals surface area contributed by atoms with Gasteiger partial charge in [-0.2, -0.15) is 0 Å². The number of aromatic hydroxyl groups is 4. The second-order valence-electron chi connectivity index (χ2n) is 9.38. The maximum atomic E-state index is 12.7. The van der Waals surface area contributed by atoms with E-state index in [2.05, 4.69) is 0 Å². The number of carbonyl (C=O) groups excluding carboxylic acids is 3. The number of carbonyl (C=O) groups is 5. The van der Waals surface area contributed by atoms with Crippen LogP contribution < -0.4 is 0 Å². The van der Waals surface area contributed by atoms with E-state index < -0.39 is 96.0 Å². The number of carboxylic acid groups (broad SMARTS) is 2. The van der Waals surface area contributed by atoms with Crippen molar-refractivity contribution in [2.45, 2.75) is 43.2 Å². The lowest BCUT2D eigenvalue weighted by Gasteiger charge is -2.42. The molecule has 2 aromatic carbocycles. The van der Waals surface area contributed by atoms with Gasteiger partial charge in [-0.15, -0.1) is 0 Å². The first-order chi connectivity index (χ1) is 20.2. The van der Waals surface area contributed by atoms with Crippen LogP contribution in [0.3, 0.4) is 0 Å². The van der Waals surface area contributed by atoms with E-state index in [1.54, 1.807) is 0 Å². The minimum Gasteiger partial charge on any atom is -0.504 e. The summed E-state index contributed by atoms with van der Waals surface area (Å²) in [5.74, 6) is -8.81. The first kappa shape index (κ1) is 32.0. The van der Waals surface area contributed by atoms with Crippen molar-refractivity contribution in [1.82, 2.24) is 0 Å². The summed E-state index contributed by atoms with van der Waals surface area (Å²) < 4.78 is 15.7. The zero-order valence-electron chi connectivity index (χ0n) is 22.0. The van der Waals surface area contributed by atoms with E-state index >= 15 is 0 Å². The third-order valence-corrected chi connectivity index (χ3v) is 6.13. The molecule has 0 heterocycles. The fraction of sp³-hybridized carbons (Fsp3) is 0.250. The number of aliphatic hydroxyl groups is 1. The fourth-order valence-corrected chi connectivity index (χ4v) is 4.08. The van der Waals surface area contributed by atoms with Gasteiger partial charge in [-0.1, -0.05) is 12.1 Å². The molecule has 0 aromatic heterocycles. The standard InChI is InChI=1S/C28H26O15/c29-16-5-1-14(9-18(16)31)3-7-23(35)41-20-12-28(40,27(38)39)13-21(42-25(37)11-22(33)34)26(20)43-24(36)8-4-15-2-6-17(30)19(32)10-15/h1-10,20-21,26,29-32,40H,11-13H2,(H,33,34)(H,38,39)/b7-3+,8-4+/t20-,21-,26+,28-/m1/s1. The Morgan fingerprint density at radius 3 is 1.63 bits per heavy atom. The lowest BCUT2D eigenvalue weighted by molar-refractivity contribution is -0.212. The number of carboxylic acids is 2. The molecule has 15 heteroatoms. The van der Waals surface area contributed by atoms with Crippen molar-refractivity contribution in [3.05, 3.63) is 59.7 Å². The van der Waals surface area contributed by atoms with E-state index in [0.29, 0.717) is 0 Å². The molecule has 1 aliphatic carbocycles. The Balaban J connectivity index is 1.90. The molecule has 0 spiro atoms. The number of phenols is 4. The Hall–Kier alpha value is -5.57. The Bertz CT molecular complexity index is 1480. The first-order valence-corrected chi connectivity index (χ1v) is 12.4. The molecule has 7 N–H and O–H groups in total. The zero-order chi connectivity index (χ0) is 31.9.